The Labute approximate surface area is 140 Å². The molecule has 0 spiro atoms. The summed E-state index contributed by atoms with van der Waals surface area (Å²) in [6.45, 7) is 6.15. The SMILES string of the molecule is CCOCn1ccnc1-c1cccc(-c2nccn2COCC)n1. The number of hydrogen-bond donors (Lipinski definition) is 0. The van der Waals surface area contributed by atoms with Gasteiger partial charge in [0.2, 0.25) is 0 Å². The molecule has 0 aliphatic carbocycles. The maximum atomic E-state index is 5.47. The van der Waals surface area contributed by atoms with Crippen LogP contribution in [0.1, 0.15) is 13.8 Å². The summed E-state index contributed by atoms with van der Waals surface area (Å²) in [5, 5.41) is 0. The standard InChI is InChI=1S/C17H21N5O2/c1-3-23-12-21-10-8-18-16(21)14-6-5-7-15(20-14)17-19-9-11-22(17)13-24-4-2/h5-11H,3-4,12-13H2,1-2H3. The van der Waals surface area contributed by atoms with Gasteiger partial charge < -0.3 is 18.6 Å². The van der Waals surface area contributed by atoms with E-state index in [2.05, 4.69) is 9.97 Å². The van der Waals surface area contributed by atoms with Crippen LogP contribution >= 0.6 is 0 Å². The highest BCUT2D eigenvalue weighted by atomic mass is 16.5. The molecular formula is C17H21N5O2. The zero-order chi connectivity index (χ0) is 16.8. The summed E-state index contributed by atoms with van der Waals surface area (Å²) in [6, 6.07) is 5.82. The number of aromatic nitrogens is 5. The van der Waals surface area contributed by atoms with E-state index in [1.165, 1.54) is 0 Å². The van der Waals surface area contributed by atoms with Crippen LogP contribution in [0.25, 0.3) is 23.0 Å². The lowest BCUT2D eigenvalue weighted by Gasteiger charge is -2.10. The third-order valence-electron chi connectivity index (χ3n) is 3.51. The van der Waals surface area contributed by atoms with Crippen LogP contribution in [0.2, 0.25) is 0 Å². The van der Waals surface area contributed by atoms with Gasteiger partial charge in [-0.25, -0.2) is 15.0 Å². The average Bonchev–Trinajstić information content (AvgIpc) is 3.27. The van der Waals surface area contributed by atoms with Crippen molar-refractivity contribution in [3.63, 3.8) is 0 Å². The molecule has 0 aliphatic rings. The van der Waals surface area contributed by atoms with E-state index < -0.39 is 0 Å². The molecular weight excluding hydrogens is 306 g/mol. The molecule has 7 heteroatoms. The van der Waals surface area contributed by atoms with E-state index in [9.17, 15) is 0 Å². The van der Waals surface area contributed by atoms with Crippen LogP contribution in [-0.2, 0) is 22.9 Å². The molecule has 126 valence electrons. The molecule has 3 aromatic heterocycles. The van der Waals surface area contributed by atoms with Gasteiger partial charge in [-0.1, -0.05) is 6.07 Å². The number of rotatable bonds is 8. The van der Waals surface area contributed by atoms with E-state index in [0.717, 1.165) is 23.0 Å². The van der Waals surface area contributed by atoms with E-state index in [0.29, 0.717) is 26.7 Å². The van der Waals surface area contributed by atoms with E-state index >= 15 is 0 Å². The van der Waals surface area contributed by atoms with Gasteiger partial charge in [0.1, 0.15) is 24.8 Å². The fraction of sp³-hybridized carbons (Fsp3) is 0.353. The lowest BCUT2D eigenvalue weighted by Crippen LogP contribution is -2.06. The first kappa shape index (κ1) is 16.4. The lowest BCUT2D eigenvalue weighted by molar-refractivity contribution is 0.0888. The zero-order valence-electron chi connectivity index (χ0n) is 13.9. The fourth-order valence-electron chi connectivity index (χ4n) is 2.36. The minimum atomic E-state index is 0.455. The van der Waals surface area contributed by atoms with Crippen LogP contribution in [0.3, 0.4) is 0 Å². The van der Waals surface area contributed by atoms with Crippen LogP contribution < -0.4 is 0 Å². The average molecular weight is 327 g/mol. The Kier molecular flexibility index (Phi) is 5.35. The second kappa shape index (κ2) is 7.85. The summed E-state index contributed by atoms with van der Waals surface area (Å²) in [4.78, 5) is 13.5. The van der Waals surface area contributed by atoms with Gasteiger partial charge in [-0.15, -0.1) is 0 Å². The van der Waals surface area contributed by atoms with E-state index in [1.54, 1.807) is 12.4 Å². The highest BCUT2D eigenvalue weighted by molar-refractivity contribution is 5.58. The van der Waals surface area contributed by atoms with Gasteiger partial charge in [-0.05, 0) is 26.0 Å². The molecule has 0 fully saturated rings. The van der Waals surface area contributed by atoms with Crippen molar-refractivity contribution in [3.8, 4) is 23.0 Å². The van der Waals surface area contributed by atoms with Gasteiger partial charge in [0, 0.05) is 38.0 Å². The Morgan fingerprint density at radius 3 is 1.79 bits per heavy atom. The molecule has 0 unspecified atom stereocenters. The third-order valence-corrected chi connectivity index (χ3v) is 3.51. The maximum absolute atomic E-state index is 5.47. The summed E-state index contributed by atoms with van der Waals surface area (Å²) in [5.74, 6) is 1.54. The van der Waals surface area contributed by atoms with Crippen molar-refractivity contribution in [1.82, 2.24) is 24.1 Å². The van der Waals surface area contributed by atoms with Gasteiger partial charge in [0.15, 0.2) is 11.6 Å². The van der Waals surface area contributed by atoms with E-state index in [4.69, 9.17) is 14.5 Å². The predicted molar refractivity (Wildman–Crippen MR) is 89.9 cm³/mol. The molecule has 0 aromatic carbocycles. The molecule has 0 bridgehead atoms. The smallest absolute Gasteiger partial charge is 0.160 e. The molecule has 0 N–H and O–H groups in total. The summed E-state index contributed by atoms with van der Waals surface area (Å²) >= 11 is 0. The molecule has 3 rings (SSSR count). The van der Waals surface area contributed by atoms with Gasteiger partial charge in [0.25, 0.3) is 0 Å². The molecule has 7 nitrogen and oxygen atoms in total. The van der Waals surface area contributed by atoms with Crippen LogP contribution in [-0.4, -0.2) is 37.3 Å². The number of hydrogen-bond acceptors (Lipinski definition) is 5. The molecule has 0 saturated carbocycles. The molecule has 0 saturated heterocycles. The lowest BCUT2D eigenvalue weighted by atomic mass is 10.2. The number of ether oxygens (including phenoxy) is 2. The third kappa shape index (κ3) is 3.52. The van der Waals surface area contributed by atoms with Gasteiger partial charge in [0.05, 0.1) is 0 Å². The Balaban J connectivity index is 1.90. The molecule has 0 radical (unpaired) electrons. The molecule has 0 aliphatic heterocycles. The summed E-state index contributed by atoms with van der Waals surface area (Å²) in [7, 11) is 0. The van der Waals surface area contributed by atoms with Crippen LogP contribution in [0.5, 0.6) is 0 Å². The van der Waals surface area contributed by atoms with E-state index in [1.807, 2.05) is 53.6 Å². The van der Waals surface area contributed by atoms with E-state index in [-0.39, 0.29) is 0 Å². The topological polar surface area (TPSA) is 67.0 Å². The van der Waals surface area contributed by atoms with Gasteiger partial charge in [-0.2, -0.15) is 0 Å². The minimum absolute atomic E-state index is 0.455. The highest BCUT2D eigenvalue weighted by Crippen LogP contribution is 2.21. The number of nitrogens with zero attached hydrogens (tertiary/aromatic N) is 5. The monoisotopic (exact) mass is 327 g/mol. The molecule has 0 amide bonds. The van der Waals surface area contributed by atoms with Crippen LogP contribution in [0, 0.1) is 0 Å². The van der Waals surface area contributed by atoms with Crippen LogP contribution in [0.15, 0.2) is 43.0 Å². The Bertz CT molecular complexity index is 719. The first-order valence-electron chi connectivity index (χ1n) is 7.99. The number of imidazole rings is 2. The normalized spacial score (nSPS) is 11.1. The Hall–Kier alpha value is -2.51. The zero-order valence-corrected chi connectivity index (χ0v) is 13.9. The highest BCUT2D eigenvalue weighted by Gasteiger charge is 2.12. The van der Waals surface area contributed by atoms with Gasteiger partial charge in [-0.3, -0.25) is 0 Å². The molecule has 3 aromatic rings. The Morgan fingerprint density at radius 1 is 0.833 bits per heavy atom. The Morgan fingerprint density at radius 2 is 1.33 bits per heavy atom. The second-order valence-electron chi connectivity index (χ2n) is 5.09. The first-order chi connectivity index (χ1) is 11.8. The minimum Gasteiger partial charge on any atom is -0.361 e. The summed E-state index contributed by atoms with van der Waals surface area (Å²) in [5.41, 5.74) is 1.56. The molecule has 0 atom stereocenters. The molecule has 3 heterocycles. The second-order valence-corrected chi connectivity index (χ2v) is 5.09. The quantitative estimate of drug-likeness (QED) is 0.636. The molecule has 24 heavy (non-hydrogen) atoms. The fourth-order valence-corrected chi connectivity index (χ4v) is 2.36. The van der Waals surface area contributed by atoms with Crippen molar-refractivity contribution in [2.75, 3.05) is 13.2 Å². The van der Waals surface area contributed by atoms with Gasteiger partial charge >= 0.3 is 0 Å². The number of pyridine rings is 1. The van der Waals surface area contributed by atoms with Crippen molar-refractivity contribution in [3.05, 3.63) is 43.0 Å². The van der Waals surface area contributed by atoms with Crippen molar-refractivity contribution < 1.29 is 9.47 Å². The summed E-state index contributed by atoms with van der Waals surface area (Å²) in [6.07, 6.45) is 7.27. The largest absolute Gasteiger partial charge is 0.361 e. The predicted octanol–water partition coefficient (Wildman–Crippen LogP) is 2.80. The maximum Gasteiger partial charge on any atom is 0.160 e. The van der Waals surface area contributed by atoms with Crippen molar-refractivity contribution in [2.24, 2.45) is 0 Å². The van der Waals surface area contributed by atoms with Crippen molar-refractivity contribution in [2.45, 2.75) is 27.3 Å². The van der Waals surface area contributed by atoms with Crippen molar-refractivity contribution in [1.29, 1.82) is 0 Å². The van der Waals surface area contributed by atoms with Crippen molar-refractivity contribution >= 4 is 0 Å². The first-order valence-corrected chi connectivity index (χ1v) is 7.99. The van der Waals surface area contributed by atoms with Crippen LogP contribution in [0.4, 0.5) is 0 Å². The summed E-state index contributed by atoms with van der Waals surface area (Å²) < 4.78 is 14.8.